The Hall–Kier alpha value is -0.570. The van der Waals surface area contributed by atoms with Crippen LogP contribution in [0.3, 0.4) is 0 Å². The van der Waals surface area contributed by atoms with E-state index in [1.165, 1.54) is 36.2 Å². The number of nitrogens with two attached hydrogens (primary N) is 1. The Kier molecular flexibility index (Phi) is 2.06. The predicted molar refractivity (Wildman–Crippen MR) is 65.1 cm³/mol. The van der Waals surface area contributed by atoms with Gasteiger partial charge in [0.1, 0.15) is 0 Å². The van der Waals surface area contributed by atoms with Crippen LogP contribution in [-0.2, 0) is 6.42 Å². The maximum Gasteiger partial charge on any atom is 0.0626 e. The minimum absolute atomic E-state index is 0.591. The molecule has 0 radical (unpaired) electrons. The quantitative estimate of drug-likeness (QED) is 0.847. The van der Waals surface area contributed by atoms with E-state index in [9.17, 15) is 0 Å². The second-order valence-electron chi connectivity index (χ2n) is 4.80. The maximum absolute atomic E-state index is 6.18. The van der Waals surface area contributed by atoms with E-state index in [0.29, 0.717) is 11.8 Å². The minimum atomic E-state index is 0.591. The number of rotatable bonds is 1. The van der Waals surface area contributed by atoms with Crippen LogP contribution in [0.25, 0.3) is 0 Å². The molecule has 0 saturated heterocycles. The van der Waals surface area contributed by atoms with Gasteiger partial charge in [-0.2, -0.15) is 0 Å². The molecule has 0 aromatic carbocycles. The van der Waals surface area contributed by atoms with E-state index in [-0.39, 0.29) is 0 Å². The van der Waals surface area contributed by atoms with E-state index in [2.05, 4.69) is 22.9 Å². The fourth-order valence-corrected chi connectivity index (χ4v) is 3.10. The fourth-order valence-electron chi connectivity index (χ4n) is 2.45. The molecule has 0 amide bonds. The summed E-state index contributed by atoms with van der Waals surface area (Å²) in [5, 5.41) is 0. The van der Waals surface area contributed by atoms with Gasteiger partial charge in [-0.3, -0.25) is 4.98 Å². The number of anilines is 1. The fraction of sp³-hybridized carbons (Fsp3) is 0.583. The van der Waals surface area contributed by atoms with Crippen LogP contribution in [0.5, 0.6) is 0 Å². The molecule has 0 aliphatic heterocycles. The molecule has 1 atom stereocenters. The summed E-state index contributed by atoms with van der Waals surface area (Å²) in [6.45, 7) is 2.25. The molecule has 1 saturated carbocycles. The van der Waals surface area contributed by atoms with Gasteiger partial charge in [-0.05, 0) is 53.1 Å². The molecular formula is C12H15BrN2. The molecule has 2 aliphatic rings. The van der Waals surface area contributed by atoms with E-state index in [0.717, 1.165) is 16.6 Å². The van der Waals surface area contributed by atoms with Crippen LogP contribution >= 0.6 is 15.9 Å². The summed E-state index contributed by atoms with van der Waals surface area (Å²) in [7, 11) is 0. The first-order valence-corrected chi connectivity index (χ1v) is 6.45. The molecule has 2 N–H and O–H groups in total. The Bertz CT molecular complexity index is 423. The number of aromatic nitrogens is 1. The van der Waals surface area contributed by atoms with Crippen molar-refractivity contribution in [2.24, 2.45) is 0 Å². The van der Waals surface area contributed by atoms with E-state index < -0.39 is 0 Å². The predicted octanol–water partition coefficient (Wildman–Crippen LogP) is 3.35. The van der Waals surface area contributed by atoms with Crippen LogP contribution in [0, 0.1) is 0 Å². The first-order chi connectivity index (χ1) is 7.18. The highest BCUT2D eigenvalue weighted by molar-refractivity contribution is 9.10. The van der Waals surface area contributed by atoms with Crippen LogP contribution in [0.15, 0.2) is 4.47 Å². The van der Waals surface area contributed by atoms with Gasteiger partial charge in [0.15, 0.2) is 0 Å². The van der Waals surface area contributed by atoms with Gasteiger partial charge >= 0.3 is 0 Å². The molecule has 3 rings (SSSR count). The van der Waals surface area contributed by atoms with Crippen LogP contribution in [0.4, 0.5) is 5.69 Å². The van der Waals surface area contributed by atoms with Crippen molar-refractivity contribution < 1.29 is 0 Å². The van der Waals surface area contributed by atoms with Crippen molar-refractivity contribution in [1.29, 1.82) is 0 Å². The normalized spacial score (nSPS) is 24.3. The second kappa shape index (κ2) is 3.21. The topological polar surface area (TPSA) is 38.9 Å². The number of hydrogen-bond donors (Lipinski definition) is 1. The lowest BCUT2D eigenvalue weighted by molar-refractivity contribution is 0.726. The van der Waals surface area contributed by atoms with Gasteiger partial charge in [0.2, 0.25) is 0 Å². The van der Waals surface area contributed by atoms with Crippen molar-refractivity contribution in [3.05, 3.63) is 21.4 Å². The summed E-state index contributed by atoms with van der Waals surface area (Å²) in [5.74, 6) is 1.26. The Labute approximate surface area is 98.4 Å². The first-order valence-electron chi connectivity index (χ1n) is 5.66. The standard InChI is InChI=1S/C12H15BrN2/c1-6-2-5-8-10(14)9(13)12(7-3-4-7)15-11(6)8/h6-7H,2-5H2,1H3,(H2,14,15). The molecule has 15 heavy (non-hydrogen) atoms. The number of pyridine rings is 1. The molecule has 1 aromatic heterocycles. The smallest absolute Gasteiger partial charge is 0.0626 e. The van der Waals surface area contributed by atoms with Gasteiger partial charge in [0, 0.05) is 11.6 Å². The average Bonchev–Trinajstić information content (AvgIpc) is 2.98. The summed E-state index contributed by atoms with van der Waals surface area (Å²) < 4.78 is 1.07. The Morgan fingerprint density at radius 1 is 1.27 bits per heavy atom. The number of hydrogen-bond acceptors (Lipinski definition) is 2. The van der Waals surface area contributed by atoms with Crippen molar-refractivity contribution in [3.63, 3.8) is 0 Å². The molecule has 2 nitrogen and oxygen atoms in total. The third kappa shape index (κ3) is 1.40. The van der Waals surface area contributed by atoms with Crippen molar-refractivity contribution in [1.82, 2.24) is 4.98 Å². The Morgan fingerprint density at radius 2 is 2.00 bits per heavy atom. The third-order valence-electron chi connectivity index (χ3n) is 3.59. The lowest BCUT2D eigenvalue weighted by Gasteiger charge is -2.12. The highest BCUT2D eigenvalue weighted by atomic mass is 79.9. The summed E-state index contributed by atoms with van der Waals surface area (Å²) in [6, 6.07) is 0. The first kappa shape index (κ1) is 9.64. The molecular weight excluding hydrogens is 252 g/mol. The summed E-state index contributed by atoms with van der Waals surface area (Å²) in [5.41, 5.74) is 10.9. The molecule has 1 heterocycles. The summed E-state index contributed by atoms with van der Waals surface area (Å²) in [4.78, 5) is 4.83. The van der Waals surface area contributed by atoms with Crippen molar-refractivity contribution in [2.75, 3.05) is 5.73 Å². The van der Waals surface area contributed by atoms with Crippen LogP contribution in [0.2, 0.25) is 0 Å². The van der Waals surface area contributed by atoms with Crippen molar-refractivity contribution in [3.8, 4) is 0 Å². The van der Waals surface area contributed by atoms with Gasteiger partial charge in [-0.15, -0.1) is 0 Å². The van der Waals surface area contributed by atoms with Gasteiger partial charge in [0.05, 0.1) is 15.9 Å². The summed E-state index contributed by atoms with van der Waals surface area (Å²) >= 11 is 3.61. The second-order valence-corrected chi connectivity index (χ2v) is 5.60. The lowest BCUT2D eigenvalue weighted by atomic mass is 10.1. The molecule has 80 valence electrons. The minimum Gasteiger partial charge on any atom is -0.397 e. The van der Waals surface area contributed by atoms with E-state index in [1.54, 1.807) is 0 Å². The third-order valence-corrected chi connectivity index (χ3v) is 4.43. The van der Waals surface area contributed by atoms with Gasteiger partial charge < -0.3 is 5.73 Å². The zero-order chi connectivity index (χ0) is 10.6. The van der Waals surface area contributed by atoms with Crippen molar-refractivity contribution >= 4 is 21.6 Å². The Morgan fingerprint density at radius 3 is 2.67 bits per heavy atom. The lowest BCUT2D eigenvalue weighted by Crippen LogP contribution is -2.03. The molecule has 0 spiro atoms. The van der Waals surface area contributed by atoms with Crippen molar-refractivity contribution in [2.45, 2.75) is 44.4 Å². The van der Waals surface area contributed by atoms with Gasteiger partial charge in [-0.1, -0.05) is 6.92 Å². The van der Waals surface area contributed by atoms with E-state index in [4.69, 9.17) is 10.7 Å². The highest BCUT2D eigenvalue weighted by Crippen LogP contribution is 2.47. The van der Waals surface area contributed by atoms with Crippen LogP contribution < -0.4 is 5.73 Å². The number of nitrogens with zero attached hydrogens (tertiary/aromatic N) is 1. The van der Waals surface area contributed by atoms with Crippen LogP contribution in [-0.4, -0.2) is 4.98 Å². The average molecular weight is 267 g/mol. The largest absolute Gasteiger partial charge is 0.397 e. The zero-order valence-corrected chi connectivity index (χ0v) is 10.5. The molecule has 0 bridgehead atoms. The number of halogens is 1. The number of fused-ring (bicyclic) bond motifs is 1. The van der Waals surface area contributed by atoms with E-state index in [1.807, 2.05) is 0 Å². The molecule has 3 heteroatoms. The highest BCUT2D eigenvalue weighted by Gasteiger charge is 2.32. The van der Waals surface area contributed by atoms with E-state index >= 15 is 0 Å². The molecule has 1 aromatic rings. The zero-order valence-electron chi connectivity index (χ0n) is 8.89. The summed E-state index contributed by atoms with van der Waals surface area (Å²) in [6.07, 6.45) is 4.85. The van der Waals surface area contributed by atoms with Crippen LogP contribution in [0.1, 0.15) is 55.0 Å². The Balaban J connectivity index is 2.19. The van der Waals surface area contributed by atoms with Gasteiger partial charge in [-0.25, -0.2) is 0 Å². The molecule has 1 unspecified atom stereocenters. The monoisotopic (exact) mass is 266 g/mol. The van der Waals surface area contributed by atoms with Gasteiger partial charge in [0.25, 0.3) is 0 Å². The maximum atomic E-state index is 6.18. The number of nitrogen functional groups attached to an aromatic ring is 1. The SMILES string of the molecule is CC1CCc2c1nc(C1CC1)c(Br)c2N. The molecule has 1 fully saturated rings. The molecule has 2 aliphatic carbocycles.